The van der Waals surface area contributed by atoms with Crippen molar-refractivity contribution < 1.29 is 6.22 Å². The molecule has 1 aromatic carbocycles. The Morgan fingerprint density at radius 3 is 3.17 bits per heavy atom. The summed E-state index contributed by atoms with van der Waals surface area (Å²) in [6.45, 7) is 0. The second kappa shape index (κ2) is 2.70. The molecule has 0 bridgehead atoms. The first-order valence-corrected chi connectivity index (χ1v) is 3.67. The van der Waals surface area contributed by atoms with E-state index in [1.54, 1.807) is 0 Å². The van der Waals surface area contributed by atoms with Gasteiger partial charge in [0.15, 0.2) is 0 Å². The molecule has 2 rings (SSSR count). The van der Waals surface area contributed by atoms with Gasteiger partial charge in [0.1, 0.15) is 0 Å². The minimum atomic E-state index is 0. The second-order valence-corrected chi connectivity index (χ2v) is 2.54. The first-order chi connectivity index (χ1) is 5.90. The molecule has 1 aromatic heterocycles. The van der Waals surface area contributed by atoms with E-state index < -0.39 is 0 Å². The molecule has 0 saturated carbocycles. The van der Waals surface area contributed by atoms with Crippen LogP contribution in [0.1, 0.15) is 1.43 Å². The zero-order valence-corrected chi connectivity index (χ0v) is 6.37. The summed E-state index contributed by atoms with van der Waals surface area (Å²) in [6.07, 6.45) is 2.54. The molecule has 3 heteroatoms. The molecule has 0 saturated heterocycles. The van der Waals surface area contributed by atoms with E-state index in [0.717, 1.165) is 16.6 Å². The zero-order valence-electron chi connectivity index (χ0n) is 7.37. The molecule has 0 atom stereocenters. The number of hydrogen-bond donors (Lipinski definition) is 2. The second-order valence-electron chi connectivity index (χ2n) is 2.54. The highest BCUT2D eigenvalue weighted by Gasteiger charge is 1.94. The van der Waals surface area contributed by atoms with Crippen LogP contribution in [0.5, 0.6) is 0 Å². The molecule has 3 nitrogen and oxygen atoms in total. The molecule has 60 valence electrons. The highest BCUT2D eigenvalue weighted by molar-refractivity contribution is 5.85. The Morgan fingerprint density at radius 2 is 2.33 bits per heavy atom. The van der Waals surface area contributed by atoms with Gasteiger partial charge in [-0.25, -0.2) is 0 Å². The normalized spacial score (nSPS) is 10.0. The van der Waals surface area contributed by atoms with Crippen LogP contribution >= 0.6 is 0 Å². The summed E-state index contributed by atoms with van der Waals surface area (Å²) in [6, 6.07) is 7.67. The summed E-state index contributed by atoms with van der Waals surface area (Å²) in [5.41, 5.74) is 1.89. The molecule has 0 unspecified atom stereocenters. The molecule has 2 aromatic rings. The number of carbonyl (C=O) groups excluding carboxylic acids is 1. The Labute approximate surface area is 70.9 Å². The van der Waals surface area contributed by atoms with Gasteiger partial charge in [0.2, 0.25) is 6.41 Å². The van der Waals surface area contributed by atoms with Crippen molar-refractivity contribution in [3.05, 3.63) is 30.5 Å². The fraction of sp³-hybridized carbons (Fsp3) is 0. The maximum atomic E-state index is 10.1. The maximum Gasteiger partial charge on any atom is 1.00 e. The van der Waals surface area contributed by atoms with Crippen LogP contribution in [0.2, 0.25) is 0 Å². The molecule has 0 aliphatic rings. The van der Waals surface area contributed by atoms with Gasteiger partial charge in [-0.15, -0.1) is 0 Å². The first-order valence-electron chi connectivity index (χ1n) is 3.67. The molecule has 0 radical (unpaired) electrons. The van der Waals surface area contributed by atoms with Crippen molar-refractivity contribution in [2.75, 3.05) is 5.32 Å². The summed E-state index contributed by atoms with van der Waals surface area (Å²) in [5.74, 6) is 0. The van der Waals surface area contributed by atoms with Crippen molar-refractivity contribution >= 4 is 23.0 Å². The third-order valence-corrected chi connectivity index (χ3v) is 1.78. The van der Waals surface area contributed by atoms with Crippen LogP contribution in [0.15, 0.2) is 30.5 Å². The number of nitrogens with one attached hydrogen (secondary N) is 2. The number of hydrogen-bond acceptors (Lipinski definition) is 1. The van der Waals surface area contributed by atoms with Gasteiger partial charge in [0, 0.05) is 22.8 Å². The Kier molecular flexibility index (Phi) is 1.55. The van der Waals surface area contributed by atoms with E-state index in [4.69, 9.17) is 0 Å². The molecular formula is C9H9N2O+. The zero-order chi connectivity index (χ0) is 8.39. The van der Waals surface area contributed by atoms with Gasteiger partial charge < -0.3 is 10.3 Å². The molecule has 0 fully saturated rings. The van der Waals surface area contributed by atoms with Crippen LogP contribution in [0.4, 0.5) is 5.69 Å². The molecule has 1 amide bonds. The average molecular weight is 161 g/mol. The summed E-state index contributed by atoms with van der Waals surface area (Å²) in [4.78, 5) is 13.2. The van der Waals surface area contributed by atoms with Crippen molar-refractivity contribution in [3.8, 4) is 0 Å². The number of rotatable bonds is 2. The van der Waals surface area contributed by atoms with E-state index in [1.807, 2.05) is 30.5 Å². The molecule has 0 aliphatic heterocycles. The van der Waals surface area contributed by atoms with E-state index in [2.05, 4.69) is 10.3 Å². The number of fused-ring (bicyclic) bond motifs is 1. The van der Waals surface area contributed by atoms with E-state index >= 15 is 0 Å². The van der Waals surface area contributed by atoms with Gasteiger partial charge in [0.25, 0.3) is 0 Å². The van der Waals surface area contributed by atoms with E-state index in [1.165, 1.54) is 0 Å². The molecule has 2 N–H and O–H groups in total. The highest BCUT2D eigenvalue weighted by Crippen LogP contribution is 2.16. The molecule has 12 heavy (non-hydrogen) atoms. The number of amides is 1. The number of H-pyrrole nitrogens is 1. The van der Waals surface area contributed by atoms with Gasteiger partial charge in [-0.3, -0.25) is 4.79 Å². The predicted octanol–water partition coefficient (Wildman–Crippen LogP) is 1.85. The van der Waals surface area contributed by atoms with Crippen LogP contribution in [0, 0.1) is 0 Å². The fourth-order valence-corrected chi connectivity index (χ4v) is 1.21. The number of carbonyl (C=O) groups is 1. The van der Waals surface area contributed by atoms with Crippen molar-refractivity contribution in [3.63, 3.8) is 0 Å². The molecular weight excluding hydrogens is 152 g/mol. The van der Waals surface area contributed by atoms with E-state index in [9.17, 15) is 4.79 Å². The van der Waals surface area contributed by atoms with Crippen LogP contribution in [0.3, 0.4) is 0 Å². The average Bonchev–Trinajstić information content (AvgIpc) is 2.51. The Bertz CT molecular complexity index is 411. The lowest BCUT2D eigenvalue weighted by Crippen LogP contribution is -1.92. The maximum absolute atomic E-state index is 10.1. The van der Waals surface area contributed by atoms with Crippen molar-refractivity contribution in [1.82, 2.24) is 4.98 Å². The Hall–Kier alpha value is -1.77. The Morgan fingerprint density at radius 1 is 1.42 bits per heavy atom. The van der Waals surface area contributed by atoms with Crippen LogP contribution in [-0.4, -0.2) is 11.4 Å². The fourth-order valence-electron chi connectivity index (χ4n) is 1.21. The SMILES string of the molecule is O=CNc1ccc2[nH]ccc2c1.[H+]. The quantitative estimate of drug-likeness (QED) is 0.648. The smallest absolute Gasteiger partial charge is 0.361 e. The lowest BCUT2D eigenvalue weighted by Gasteiger charge is -1.96. The molecule has 1 heterocycles. The van der Waals surface area contributed by atoms with Gasteiger partial charge >= 0.3 is 1.43 Å². The first kappa shape index (κ1) is 6.91. The van der Waals surface area contributed by atoms with Crippen molar-refractivity contribution in [2.45, 2.75) is 0 Å². The van der Waals surface area contributed by atoms with Crippen LogP contribution in [-0.2, 0) is 4.79 Å². The van der Waals surface area contributed by atoms with Crippen LogP contribution < -0.4 is 5.32 Å². The number of aromatic nitrogens is 1. The number of aromatic amines is 1. The predicted molar refractivity (Wildman–Crippen MR) is 49.1 cm³/mol. The summed E-state index contributed by atoms with van der Waals surface area (Å²) >= 11 is 0. The van der Waals surface area contributed by atoms with Gasteiger partial charge in [-0.2, -0.15) is 0 Å². The minimum absolute atomic E-state index is 0. The summed E-state index contributed by atoms with van der Waals surface area (Å²) < 4.78 is 0. The van der Waals surface area contributed by atoms with Gasteiger partial charge in [-0.1, -0.05) is 0 Å². The lowest BCUT2D eigenvalue weighted by molar-refractivity contribution is -0.105. The van der Waals surface area contributed by atoms with E-state index in [-0.39, 0.29) is 1.43 Å². The molecule has 0 spiro atoms. The summed E-state index contributed by atoms with van der Waals surface area (Å²) in [7, 11) is 0. The monoisotopic (exact) mass is 161 g/mol. The highest BCUT2D eigenvalue weighted by atomic mass is 16.1. The third kappa shape index (κ3) is 1.05. The van der Waals surface area contributed by atoms with E-state index in [0.29, 0.717) is 6.41 Å². The number of anilines is 1. The topological polar surface area (TPSA) is 44.9 Å². The van der Waals surface area contributed by atoms with Crippen LogP contribution in [0.25, 0.3) is 10.9 Å². The summed E-state index contributed by atoms with van der Waals surface area (Å²) in [5, 5.41) is 3.69. The van der Waals surface area contributed by atoms with Crippen molar-refractivity contribution in [1.29, 1.82) is 0 Å². The van der Waals surface area contributed by atoms with Gasteiger partial charge in [-0.05, 0) is 24.3 Å². The minimum Gasteiger partial charge on any atom is -0.361 e. The molecule has 0 aliphatic carbocycles. The van der Waals surface area contributed by atoms with Gasteiger partial charge in [0.05, 0.1) is 0 Å². The number of benzene rings is 1. The third-order valence-electron chi connectivity index (χ3n) is 1.78. The van der Waals surface area contributed by atoms with Crippen molar-refractivity contribution in [2.24, 2.45) is 0 Å². The largest absolute Gasteiger partial charge is 1.00 e. The standard InChI is InChI=1S/C9H8N2O/c12-6-11-8-1-2-9-7(5-8)3-4-10-9/h1-6,10H,(H,11,12)/p+1. The lowest BCUT2D eigenvalue weighted by atomic mass is 10.2. The Balaban J connectivity index is 0.000000845.